The van der Waals surface area contributed by atoms with Crippen molar-refractivity contribution in [2.75, 3.05) is 26.2 Å². The second-order valence-electron chi connectivity index (χ2n) is 6.99. The fourth-order valence-corrected chi connectivity index (χ4v) is 3.29. The predicted octanol–water partition coefficient (Wildman–Crippen LogP) is 2.69. The number of hydrogen-bond donors (Lipinski definition) is 1. The van der Waals surface area contributed by atoms with Crippen LogP contribution in [0.3, 0.4) is 0 Å². The molecule has 2 heterocycles. The number of halogens is 1. The molecule has 0 aromatic carbocycles. The maximum atomic E-state index is 12.4. The number of likely N-dealkylation sites (tertiary alicyclic amines) is 1. The van der Waals surface area contributed by atoms with Crippen molar-refractivity contribution < 1.29 is 4.79 Å². The molecule has 2 aliphatic heterocycles. The smallest absolute Gasteiger partial charge is 0.225 e. The molecule has 3 nitrogen and oxygen atoms in total. The van der Waals surface area contributed by atoms with Crippen molar-refractivity contribution in [3.8, 4) is 0 Å². The predicted molar refractivity (Wildman–Crippen MR) is 81.6 cm³/mol. The lowest BCUT2D eigenvalue weighted by atomic mass is 9.75. The Morgan fingerprint density at radius 3 is 2.05 bits per heavy atom. The Morgan fingerprint density at radius 2 is 1.58 bits per heavy atom. The summed E-state index contributed by atoms with van der Waals surface area (Å²) in [6, 6.07) is 0. The average molecular weight is 289 g/mol. The van der Waals surface area contributed by atoms with Gasteiger partial charge in [0.2, 0.25) is 5.91 Å². The third kappa shape index (κ3) is 4.35. The van der Waals surface area contributed by atoms with Gasteiger partial charge in [0.15, 0.2) is 0 Å². The molecule has 0 bridgehead atoms. The molecule has 2 fully saturated rings. The van der Waals surface area contributed by atoms with Gasteiger partial charge < -0.3 is 10.2 Å². The zero-order chi connectivity index (χ0) is 13.2. The summed E-state index contributed by atoms with van der Waals surface area (Å²) >= 11 is 0. The molecule has 1 amide bonds. The van der Waals surface area contributed by atoms with Gasteiger partial charge in [-0.2, -0.15) is 0 Å². The van der Waals surface area contributed by atoms with Gasteiger partial charge in [0.05, 0.1) is 0 Å². The van der Waals surface area contributed by atoms with E-state index in [0.29, 0.717) is 11.3 Å². The number of nitrogens with zero attached hydrogens (tertiary/aromatic N) is 1. The van der Waals surface area contributed by atoms with Crippen LogP contribution in [0.4, 0.5) is 0 Å². The van der Waals surface area contributed by atoms with Crippen LogP contribution < -0.4 is 5.32 Å². The minimum absolute atomic E-state index is 0. The zero-order valence-electron chi connectivity index (χ0n) is 12.6. The molecule has 4 heteroatoms. The zero-order valence-corrected chi connectivity index (χ0v) is 13.4. The lowest BCUT2D eigenvalue weighted by Crippen LogP contribution is -2.46. The van der Waals surface area contributed by atoms with Crippen molar-refractivity contribution in [3.05, 3.63) is 0 Å². The molecule has 19 heavy (non-hydrogen) atoms. The van der Waals surface area contributed by atoms with Crippen molar-refractivity contribution in [2.24, 2.45) is 17.3 Å². The molecule has 0 spiro atoms. The summed E-state index contributed by atoms with van der Waals surface area (Å²) in [7, 11) is 0. The van der Waals surface area contributed by atoms with E-state index in [1.165, 1.54) is 12.8 Å². The van der Waals surface area contributed by atoms with Gasteiger partial charge in [-0.15, -0.1) is 12.4 Å². The van der Waals surface area contributed by atoms with Crippen LogP contribution in [0.25, 0.3) is 0 Å². The maximum absolute atomic E-state index is 12.4. The number of rotatable bonds is 1. The number of piperidine rings is 2. The Bertz CT molecular complexity index is 287. The molecule has 0 aliphatic carbocycles. The van der Waals surface area contributed by atoms with Crippen LogP contribution in [-0.4, -0.2) is 37.0 Å². The quantitative estimate of drug-likeness (QED) is 0.805. The van der Waals surface area contributed by atoms with Crippen LogP contribution in [0.2, 0.25) is 0 Å². The van der Waals surface area contributed by atoms with E-state index in [1.807, 2.05) is 0 Å². The second kappa shape index (κ2) is 6.94. The summed E-state index contributed by atoms with van der Waals surface area (Å²) in [6.07, 6.45) is 4.41. The third-order valence-electron chi connectivity index (χ3n) is 4.72. The Hall–Kier alpha value is -0.280. The summed E-state index contributed by atoms with van der Waals surface area (Å²) in [5.74, 6) is 1.48. The molecule has 2 saturated heterocycles. The highest BCUT2D eigenvalue weighted by molar-refractivity contribution is 5.85. The number of amides is 1. The molecule has 0 atom stereocenters. The molecular weight excluding hydrogens is 260 g/mol. The van der Waals surface area contributed by atoms with E-state index < -0.39 is 0 Å². The van der Waals surface area contributed by atoms with Gasteiger partial charge in [0.25, 0.3) is 0 Å². The normalized spacial score (nSPS) is 23.0. The number of nitrogens with one attached hydrogen (secondary N) is 1. The summed E-state index contributed by atoms with van der Waals surface area (Å²) in [4.78, 5) is 14.5. The number of carbonyl (C=O) groups is 1. The lowest BCUT2D eigenvalue weighted by molar-refractivity contribution is -0.138. The van der Waals surface area contributed by atoms with Crippen molar-refractivity contribution >= 4 is 18.3 Å². The van der Waals surface area contributed by atoms with Gasteiger partial charge in [-0.1, -0.05) is 20.8 Å². The first kappa shape index (κ1) is 16.8. The Labute approximate surface area is 123 Å². The highest BCUT2D eigenvalue weighted by Gasteiger charge is 2.32. The minimum Gasteiger partial charge on any atom is -0.342 e. The lowest BCUT2D eigenvalue weighted by Gasteiger charge is -2.40. The first-order valence-electron chi connectivity index (χ1n) is 7.48. The molecular formula is C15H29ClN2O. The standard InChI is InChI=1S/C15H28N2O.ClH/c1-15(2,3)13-6-10-17(11-7-13)14(18)12-4-8-16-9-5-12;/h12-13,16H,4-11H2,1-3H3;1H. The maximum Gasteiger partial charge on any atom is 0.225 e. The third-order valence-corrected chi connectivity index (χ3v) is 4.72. The van der Waals surface area contributed by atoms with Crippen LogP contribution in [0.15, 0.2) is 0 Å². The van der Waals surface area contributed by atoms with Crippen molar-refractivity contribution in [2.45, 2.75) is 46.5 Å². The number of hydrogen-bond acceptors (Lipinski definition) is 2. The van der Waals surface area contributed by atoms with E-state index in [1.54, 1.807) is 0 Å². The summed E-state index contributed by atoms with van der Waals surface area (Å²) in [6.45, 7) is 10.9. The van der Waals surface area contributed by atoms with Crippen LogP contribution in [0, 0.1) is 17.3 Å². The van der Waals surface area contributed by atoms with Gasteiger partial charge in [-0.05, 0) is 50.1 Å². The first-order chi connectivity index (χ1) is 8.48. The molecule has 0 radical (unpaired) electrons. The van der Waals surface area contributed by atoms with Gasteiger partial charge >= 0.3 is 0 Å². The molecule has 2 rings (SSSR count). The van der Waals surface area contributed by atoms with E-state index >= 15 is 0 Å². The minimum atomic E-state index is 0. The fourth-order valence-electron chi connectivity index (χ4n) is 3.29. The summed E-state index contributed by atoms with van der Waals surface area (Å²) in [5.41, 5.74) is 0.393. The van der Waals surface area contributed by atoms with Crippen molar-refractivity contribution in [3.63, 3.8) is 0 Å². The highest BCUT2D eigenvalue weighted by atomic mass is 35.5. The van der Waals surface area contributed by atoms with E-state index in [-0.39, 0.29) is 18.3 Å². The van der Waals surface area contributed by atoms with E-state index in [9.17, 15) is 4.79 Å². The Morgan fingerprint density at radius 1 is 1.05 bits per heavy atom. The summed E-state index contributed by atoms with van der Waals surface area (Å²) < 4.78 is 0. The van der Waals surface area contributed by atoms with Crippen LogP contribution in [0.1, 0.15) is 46.5 Å². The largest absolute Gasteiger partial charge is 0.342 e. The molecule has 0 aromatic rings. The molecule has 1 N–H and O–H groups in total. The molecule has 0 unspecified atom stereocenters. The van der Waals surface area contributed by atoms with Crippen LogP contribution in [0.5, 0.6) is 0 Å². The average Bonchev–Trinajstić information content (AvgIpc) is 2.38. The highest BCUT2D eigenvalue weighted by Crippen LogP contribution is 2.34. The SMILES string of the molecule is CC(C)(C)C1CCN(C(=O)C2CCNCC2)CC1.Cl. The number of carbonyl (C=O) groups excluding carboxylic acids is 1. The first-order valence-corrected chi connectivity index (χ1v) is 7.48. The van der Waals surface area contributed by atoms with E-state index in [0.717, 1.165) is 44.9 Å². The molecule has 0 saturated carbocycles. The molecule has 0 aromatic heterocycles. The summed E-state index contributed by atoms with van der Waals surface area (Å²) in [5, 5.41) is 3.33. The fraction of sp³-hybridized carbons (Fsp3) is 0.933. The van der Waals surface area contributed by atoms with Gasteiger partial charge in [-0.3, -0.25) is 4.79 Å². The van der Waals surface area contributed by atoms with Gasteiger partial charge in [0.1, 0.15) is 0 Å². The second-order valence-corrected chi connectivity index (χ2v) is 6.99. The monoisotopic (exact) mass is 288 g/mol. The molecule has 2 aliphatic rings. The topological polar surface area (TPSA) is 32.3 Å². The van der Waals surface area contributed by atoms with Crippen molar-refractivity contribution in [1.82, 2.24) is 10.2 Å². The van der Waals surface area contributed by atoms with E-state index in [2.05, 4.69) is 31.0 Å². The Kier molecular flexibility index (Phi) is 6.13. The Balaban J connectivity index is 0.00000180. The van der Waals surface area contributed by atoms with Gasteiger partial charge in [-0.25, -0.2) is 0 Å². The van der Waals surface area contributed by atoms with Crippen LogP contribution >= 0.6 is 12.4 Å². The van der Waals surface area contributed by atoms with E-state index in [4.69, 9.17) is 0 Å². The van der Waals surface area contributed by atoms with Crippen molar-refractivity contribution in [1.29, 1.82) is 0 Å². The van der Waals surface area contributed by atoms with Gasteiger partial charge in [0, 0.05) is 19.0 Å². The van der Waals surface area contributed by atoms with Crippen LogP contribution in [-0.2, 0) is 4.79 Å². The molecule has 112 valence electrons.